The normalized spacial score (nSPS) is 11.1. The average molecular weight is 894 g/mol. The van der Waals surface area contributed by atoms with Crippen LogP contribution in [-0.4, -0.2) is 5.48 Å². The van der Waals surface area contributed by atoms with Crippen molar-refractivity contribution in [2.24, 2.45) is 0 Å². The van der Waals surface area contributed by atoms with E-state index >= 15 is 0 Å². The Labute approximate surface area is 387 Å². The van der Waals surface area contributed by atoms with Gasteiger partial charge < -0.3 is 41.9 Å². The molecule has 334 valence electrons. The molecular formula is C57H56N3O5P. The Bertz CT molecular complexity index is 2180. The molecular weight excluding hydrogens is 838 g/mol. The maximum atomic E-state index is 8.55. The fraction of sp³-hybridized carbons (Fsp3) is 0.0526. The van der Waals surface area contributed by atoms with Gasteiger partial charge in [0, 0.05) is 50.1 Å². The summed E-state index contributed by atoms with van der Waals surface area (Å²) in [6.45, 7) is 0. The lowest BCUT2D eigenvalue weighted by molar-refractivity contribution is -0.455. The van der Waals surface area contributed by atoms with Crippen LogP contribution in [0.4, 0.5) is 0 Å². The number of hydrogen-bond donors (Lipinski definition) is 3. The molecule has 0 aromatic heterocycles. The van der Waals surface area contributed by atoms with E-state index < -0.39 is 7.82 Å². The molecule has 0 radical (unpaired) electrons. The molecule has 0 aliphatic rings. The van der Waals surface area contributed by atoms with Crippen LogP contribution in [0.25, 0.3) is 0 Å². The minimum absolute atomic E-state index is 0. The van der Waals surface area contributed by atoms with Gasteiger partial charge in [0.15, 0.2) is 16.6 Å². The minimum atomic E-state index is -5.39. The van der Waals surface area contributed by atoms with E-state index in [1.165, 1.54) is 50.1 Å². The Morgan fingerprint density at radius 1 is 0.242 bits per heavy atom. The molecule has 0 amide bonds. The van der Waals surface area contributed by atoms with E-state index in [0.717, 1.165) is 0 Å². The second-order valence-corrected chi connectivity index (χ2v) is 16.4. The zero-order valence-electron chi connectivity index (χ0n) is 36.7. The quantitative estimate of drug-likeness (QED) is 0.118. The standard InChI is InChI=1S/3C19H17N.H3O4P.H2O/c3*20-19(16-10-4-1-5-11-16,17-12-6-2-7-13-17)18-14-8-3-9-15-18;1-5(2,3)4;/h3*1-15H,20H2;(H3,1,2,3,4);1H2. The van der Waals surface area contributed by atoms with Crippen molar-refractivity contribution in [3.05, 3.63) is 323 Å². The van der Waals surface area contributed by atoms with Crippen LogP contribution in [0, 0.1) is 0 Å². The van der Waals surface area contributed by atoms with Crippen LogP contribution >= 0.6 is 7.82 Å². The average Bonchev–Trinajstić information content (AvgIpc) is 3.38. The maximum absolute atomic E-state index is 8.55. The molecule has 9 aromatic carbocycles. The first-order valence-corrected chi connectivity index (χ1v) is 22.7. The van der Waals surface area contributed by atoms with Crippen molar-refractivity contribution >= 4 is 7.82 Å². The lowest BCUT2D eigenvalue weighted by Crippen LogP contribution is -2.71. The van der Waals surface area contributed by atoms with Crippen molar-refractivity contribution in [3.63, 3.8) is 0 Å². The Kier molecular flexibility index (Phi) is 18.0. The van der Waals surface area contributed by atoms with Gasteiger partial charge in [-0.1, -0.05) is 273 Å². The summed E-state index contributed by atoms with van der Waals surface area (Å²) < 4.78 is 8.55. The van der Waals surface area contributed by atoms with Crippen molar-refractivity contribution in [2.75, 3.05) is 0 Å². The molecule has 8 nitrogen and oxygen atoms in total. The molecule has 0 fully saturated rings. The summed E-state index contributed by atoms with van der Waals surface area (Å²) in [5, 5.41) is 0. The number of quaternary nitrogens is 3. The summed E-state index contributed by atoms with van der Waals surface area (Å²) in [5.41, 5.74) is 23.5. The smallest absolute Gasteiger partial charge is 0.172 e. The number of benzene rings is 9. The Morgan fingerprint density at radius 2 is 0.318 bits per heavy atom. The predicted molar refractivity (Wildman–Crippen MR) is 258 cm³/mol. The summed E-state index contributed by atoms with van der Waals surface area (Å²) in [5.74, 6) is 0. The molecule has 0 unspecified atom stereocenters. The van der Waals surface area contributed by atoms with E-state index in [2.05, 4.69) is 236 Å². The monoisotopic (exact) mass is 893 g/mol. The molecule has 11 N–H and O–H groups in total. The van der Waals surface area contributed by atoms with Gasteiger partial charge in [0.05, 0.1) is 0 Å². The highest BCUT2D eigenvalue weighted by molar-refractivity contribution is 7.40. The van der Waals surface area contributed by atoms with Gasteiger partial charge in [-0.2, -0.15) is 7.82 Å². The van der Waals surface area contributed by atoms with Gasteiger partial charge in [0.25, 0.3) is 0 Å². The van der Waals surface area contributed by atoms with Crippen molar-refractivity contribution in [3.8, 4) is 0 Å². The Hall–Kier alpha value is -7.07. The summed E-state index contributed by atoms with van der Waals surface area (Å²) in [6.07, 6.45) is 0. The van der Waals surface area contributed by atoms with Crippen LogP contribution in [-0.2, 0) is 21.2 Å². The first-order valence-electron chi connectivity index (χ1n) is 21.2. The largest absolute Gasteiger partial charge is 0.822 e. The lowest BCUT2D eigenvalue weighted by atomic mass is 9.78. The fourth-order valence-corrected chi connectivity index (χ4v) is 8.00. The summed E-state index contributed by atoms with van der Waals surface area (Å²) in [4.78, 5) is 25.6. The summed E-state index contributed by atoms with van der Waals surface area (Å²) in [7, 11) is -5.39. The van der Waals surface area contributed by atoms with Gasteiger partial charge in [-0.25, -0.2) is 0 Å². The number of rotatable bonds is 9. The Balaban J connectivity index is 0.000000175. The van der Waals surface area contributed by atoms with Crippen LogP contribution in [0.15, 0.2) is 273 Å². The zero-order chi connectivity index (χ0) is 46.0. The van der Waals surface area contributed by atoms with Crippen LogP contribution < -0.4 is 31.9 Å². The summed E-state index contributed by atoms with van der Waals surface area (Å²) in [6, 6.07) is 94.3. The first kappa shape index (κ1) is 49.9. The lowest BCUT2D eigenvalue weighted by Gasteiger charge is -2.36. The second-order valence-electron chi connectivity index (χ2n) is 15.5. The number of phosphoric acid groups is 1. The molecule has 0 atom stereocenters. The highest BCUT2D eigenvalue weighted by atomic mass is 31.2. The van der Waals surface area contributed by atoms with E-state index in [1.54, 1.807) is 0 Å². The fourth-order valence-electron chi connectivity index (χ4n) is 8.00. The molecule has 9 aromatic rings. The molecule has 9 rings (SSSR count). The van der Waals surface area contributed by atoms with Gasteiger partial charge in [0.2, 0.25) is 0 Å². The minimum Gasteiger partial charge on any atom is -0.822 e. The molecule has 0 saturated heterocycles. The van der Waals surface area contributed by atoms with Crippen molar-refractivity contribution in [2.45, 2.75) is 16.6 Å². The predicted octanol–water partition coefficient (Wildman–Crippen LogP) is 6.01. The van der Waals surface area contributed by atoms with Crippen LogP contribution in [0.5, 0.6) is 0 Å². The molecule has 0 bridgehead atoms. The highest BCUT2D eigenvalue weighted by Crippen LogP contribution is 2.34. The maximum Gasteiger partial charge on any atom is 0.172 e. The Morgan fingerprint density at radius 3 is 0.394 bits per heavy atom. The molecule has 0 heterocycles. The van der Waals surface area contributed by atoms with E-state index in [4.69, 9.17) is 19.2 Å². The third-order valence-corrected chi connectivity index (χ3v) is 11.4. The first-order chi connectivity index (χ1) is 31.4. The van der Waals surface area contributed by atoms with Gasteiger partial charge in [0.1, 0.15) is 0 Å². The topological polar surface area (TPSA) is 201 Å². The van der Waals surface area contributed by atoms with Gasteiger partial charge >= 0.3 is 0 Å². The molecule has 0 aliphatic heterocycles. The van der Waals surface area contributed by atoms with Crippen LogP contribution in [0.1, 0.15) is 50.1 Å². The molecule has 0 saturated carbocycles. The molecule has 9 heteroatoms. The van der Waals surface area contributed by atoms with E-state index in [9.17, 15) is 0 Å². The molecule has 66 heavy (non-hydrogen) atoms. The van der Waals surface area contributed by atoms with Crippen LogP contribution in [0.3, 0.4) is 0 Å². The van der Waals surface area contributed by atoms with Gasteiger partial charge in [-0.15, -0.1) is 0 Å². The number of hydrogen-bond acceptors (Lipinski definition) is 4. The summed E-state index contributed by atoms with van der Waals surface area (Å²) >= 11 is 0. The van der Waals surface area contributed by atoms with Crippen molar-refractivity contribution in [1.29, 1.82) is 0 Å². The highest BCUT2D eigenvalue weighted by Gasteiger charge is 2.38. The molecule has 0 aliphatic carbocycles. The van der Waals surface area contributed by atoms with Crippen molar-refractivity contribution in [1.82, 2.24) is 0 Å². The third-order valence-electron chi connectivity index (χ3n) is 11.4. The van der Waals surface area contributed by atoms with E-state index in [1.807, 2.05) is 54.6 Å². The third kappa shape index (κ3) is 12.6. The van der Waals surface area contributed by atoms with Crippen LogP contribution in [0.2, 0.25) is 0 Å². The zero-order valence-corrected chi connectivity index (χ0v) is 37.6. The SMILES string of the molecule is O.O=P([O-])([O-])[O-].[NH3+]C(c1ccccc1)(c1ccccc1)c1ccccc1.[NH3+]C(c1ccccc1)(c1ccccc1)c1ccccc1.[NH3+]C(c1ccccc1)(c1ccccc1)c1ccccc1. The van der Waals surface area contributed by atoms with Gasteiger partial charge in [-0.05, 0) is 0 Å². The van der Waals surface area contributed by atoms with E-state index in [-0.39, 0.29) is 22.1 Å². The van der Waals surface area contributed by atoms with Gasteiger partial charge in [-0.3, -0.25) is 0 Å². The van der Waals surface area contributed by atoms with Crippen molar-refractivity contribution < 1.29 is 41.9 Å². The molecule has 0 spiro atoms. The van der Waals surface area contributed by atoms with E-state index in [0.29, 0.717) is 0 Å². The second kappa shape index (κ2) is 23.7.